The number of amides is 2. The number of carbonyl (C=O) groups excluding carboxylic acids is 2. The molecule has 112 valence electrons. The van der Waals surface area contributed by atoms with Crippen molar-refractivity contribution in [3.05, 3.63) is 36.4 Å². The van der Waals surface area contributed by atoms with Crippen LogP contribution in [0.1, 0.15) is 17.3 Å². The van der Waals surface area contributed by atoms with Crippen LogP contribution in [-0.2, 0) is 4.79 Å². The molecule has 1 rings (SSSR count). The molecule has 0 saturated heterocycles. The average molecular weight is 289 g/mol. The molecule has 0 radical (unpaired) electrons. The Balaban J connectivity index is 3.35. The van der Waals surface area contributed by atoms with Crippen LogP contribution in [0.15, 0.2) is 35.8 Å². The number of hydrogen-bond donors (Lipinski definition) is 2. The van der Waals surface area contributed by atoms with Crippen molar-refractivity contribution in [3.63, 3.8) is 0 Å². The van der Waals surface area contributed by atoms with Crippen molar-refractivity contribution in [2.24, 2.45) is 16.6 Å². The maximum Gasteiger partial charge on any atom is 0.252 e. The summed E-state index contributed by atoms with van der Waals surface area (Å²) in [6.07, 6.45) is 1.50. The van der Waals surface area contributed by atoms with Gasteiger partial charge in [-0.3, -0.25) is 9.59 Å². The summed E-state index contributed by atoms with van der Waals surface area (Å²) < 4.78 is 5.21. The summed E-state index contributed by atoms with van der Waals surface area (Å²) in [7, 11) is 2.98. The molecule has 1 unspecified atom stereocenters. The smallest absolute Gasteiger partial charge is 0.252 e. The van der Waals surface area contributed by atoms with E-state index in [1.54, 1.807) is 32.2 Å². The van der Waals surface area contributed by atoms with E-state index in [0.29, 0.717) is 11.4 Å². The van der Waals surface area contributed by atoms with Crippen molar-refractivity contribution in [3.8, 4) is 5.75 Å². The van der Waals surface area contributed by atoms with Gasteiger partial charge in [0.1, 0.15) is 5.69 Å². The molecule has 0 aromatic heterocycles. The molecule has 0 heterocycles. The van der Waals surface area contributed by atoms with Gasteiger partial charge in [0.05, 0.1) is 24.3 Å². The number of ether oxygens (including phenoxy) is 1. The second kappa shape index (κ2) is 7.23. The minimum absolute atomic E-state index is 0.182. The fourth-order valence-electron chi connectivity index (χ4n) is 1.83. The Hall–Kier alpha value is -2.63. The molecule has 0 aliphatic heterocycles. The third-order valence-electron chi connectivity index (χ3n) is 3.01. The molecule has 0 aliphatic rings. The Morgan fingerprint density at radius 1 is 1.48 bits per heavy atom. The summed E-state index contributed by atoms with van der Waals surface area (Å²) in [5.74, 6) is -0.995. The normalized spacial score (nSPS) is 12.4. The van der Waals surface area contributed by atoms with Gasteiger partial charge in [0.25, 0.3) is 5.91 Å². The quantitative estimate of drug-likeness (QED) is 0.776. The fraction of sp³-hybridized carbons (Fsp3) is 0.267. The number of nitrogens with zero attached hydrogens (tertiary/aromatic N) is 1. The number of benzene rings is 1. The third kappa shape index (κ3) is 3.68. The van der Waals surface area contributed by atoms with Gasteiger partial charge in [0.2, 0.25) is 5.91 Å². The molecule has 0 aliphatic carbocycles. The lowest BCUT2D eigenvalue weighted by Gasteiger charge is -2.12. The van der Waals surface area contributed by atoms with Crippen LogP contribution in [0.25, 0.3) is 0 Å². The maximum atomic E-state index is 11.7. The van der Waals surface area contributed by atoms with Crippen molar-refractivity contribution < 1.29 is 14.3 Å². The Kier molecular flexibility index (Phi) is 5.66. The van der Waals surface area contributed by atoms with Gasteiger partial charge >= 0.3 is 0 Å². The molecule has 6 nitrogen and oxygen atoms in total. The molecule has 3 N–H and O–H groups in total. The number of hydrogen-bond acceptors (Lipinski definition) is 4. The van der Waals surface area contributed by atoms with Crippen LogP contribution < -0.4 is 15.8 Å². The molecular weight excluding hydrogens is 270 g/mol. The van der Waals surface area contributed by atoms with E-state index >= 15 is 0 Å². The lowest BCUT2D eigenvalue weighted by Crippen LogP contribution is -2.30. The molecule has 0 fully saturated rings. The summed E-state index contributed by atoms with van der Waals surface area (Å²) in [4.78, 5) is 27.4. The zero-order valence-corrected chi connectivity index (χ0v) is 12.3. The number of nitrogens with one attached hydrogen (secondary N) is 1. The SMILES string of the molecule is C=CC(=Nc1cccc(C(N)=O)c1OC)C(C)C(=O)NC. The van der Waals surface area contributed by atoms with E-state index < -0.39 is 11.8 Å². The van der Waals surface area contributed by atoms with E-state index in [2.05, 4.69) is 16.9 Å². The summed E-state index contributed by atoms with van der Waals surface area (Å²) >= 11 is 0. The highest BCUT2D eigenvalue weighted by Crippen LogP contribution is 2.31. The van der Waals surface area contributed by atoms with Crippen LogP contribution in [0.3, 0.4) is 0 Å². The van der Waals surface area contributed by atoms with Crippen molar-refractivity contribution in [1.82, 2.24) is 5.32 Å². The molecule has 1 aromatic carbocycles. The zero-order chi connectivity index (χ0) is 16.0. The highest BCUT2D eigenvalue weighted by atomic mass is 16.5. The molecule has 0 bridgehead atoms. The van der Waals surface area contributed by atoms with Gasteiger partial charge < -0.3 is 15.8 Å². The van der Waals surface area contributed by atoms with Crippen molar-refractivity contribution in [1.29, 1.82) is 0 Å². The van der Waals surface area contributed by atoms with E-state index in [4.69, 9.17) is 10.5 Å². The fourth-order valence-corrected chi connectivity index (χ4v) is 1.83. The first-order valence-corrected chi connectivity index (χ1v) is 6.35. The molecular formula is C15H19N3O3. The lowest BCUT2D eigenvalue weighted by molar-refractivity contribution is -0.122. The van der Waals surface area contributed by atoms with Crippen LogP contribution in [0, 0.1) is 5.92 Å². The van der Waals surface area contributed by atoms with Crippen molar-refractivity contribution >= 4 is 23.2 Å². The Morgan fingerprint density at radius 2 is 2.14 bits per heavy atom. The summed E-state index contributed by atoms with van der Waals surface area (Å²) in [6.45, 7) is 5.38. The van der Waals surface area contributed by atoms with Gasteiger partial charge in [-0.25, -0.2) is 4.99 Å². The highest BCUT2D eigenvalue weighted by molar-refractivity contribution is 6.10. The van der Waals surface area contributed by atoms with Gasteiger partial charge in [-0.15, -0.1) is 0 Å². The van der Waals surface area contributed by atoms with Gasteiger partial charge in [0.15, 0.2) is 5.75 Å². The first-order valence-electron chi connectivity index (χ1n) is 6.35. The lowest BCUT2D eigenvalue weighted by atomic mass is 10.0. The number of methoxy groups -OCH3 is 1. The van der Waals surface area contributed by atoms with Crippen LogP contribution in [0.2, 0.25) is 0 Å². The van der Waals surface area contributed by atoms with Crippen molar-refractivity contribution in [2.75, 3.05) is 14.2 Å². The minimum atomic E-state index is -0.608. The van der Waals surface area contributed by atoms with E-state index in [-0.39, 0.29) is 17.2 Å². The number of allylic oxidation sites excluding steroid dienone is 1. The van der Waals surface area contributed by atoms with Crippen LogP contribution in [0.5, 0.6) is 5.75 Å². The predicted molar refractivity (Wildman–Crippen MR) is 82.0 cm³/mol. The van der Waals surface area contributed by atoms with Crippen LogP contribution >= 0.6 is 0 Å². The second-order valence-corrected chi connectivity index (χ2v) is 4.30. The monoisotopic (exact) mass is 289 g/mol. The topological polar surface area (TPSA) is 93.8 Å². The predicted octanol–water partition coefficient (Wildman–Crippen LogP) is 1.43. The molecule has 1 aromatic rings. The van der Waals surface area contributed by atoms with E-state index in [1.165, 1.54) is 13.2 Å². The Bertz CT molecular complexity index is 594. The highest BCUT2D eigenvalue weighted by Gasteiger charge is 2.18. The largest absolute Gasteiger partial charge is 0.494 e. The van der Waals surface area contributed by atoms with Gasteiger partial charge in [-0.1, -0.05) is 12.6 Å². The number of nitrogens with two attached hydrogens (primary N) is 1. The summed E-state index contributed by atoms with van der Waals surface area (Å²) in [5, 5.41) is 2.55. The number of rotatable bonds is 6. The molecule has 6 heteroatoms. The Labute approximate surface area is 123 Å². The number of para-hydroxylation sites is 1. The molecule has 0 spiro atoms. The van der Waals surface area contributed by atoms with Crippen LogP contribution in [0.4, 0.5) is 5.69 Å². The average Bonchev–Trinajstić information content (AvgIpc) is 2.50. The van der Waals surface area contributed by atoms with Gasteiger partial charge in [0, 0.05) is 7.05 Å². The van der Waals surface area contributed by atoms with E-state index in [0.717, 1.165) is 0 Å². The molecule has 2 amide bonds. The van der Waals surface area contributed by atoms with Gasteiger partial charge in [-0.2, -0.15) is 0 Å². The number of carbonyl (C=O) groups is 2. The second-order valence-electron chi connectivity index (χ2n) is 4.30. The summed E-state index contributed by atoms with van der Waals surface area (Å²) in [6, 6.07) is 4.87. The van der Waals surface area contributed by atoms with Crippen molar-refractivity contribution in [2.45, 2.75) is 6.92 Å². The minimum Gasteiger partial charge on any atom is -0.494 e. The standard InChI is InChI=1S/C15H19N3O3/c1-5-11(9(2)15(20)17-3)18-12-8-6-7-10(14(16)19)13(12)21-4/h5-9H,1H2,2-4H3,(H2,16,19)(H,17,20). The third-order valence-corrected chi connectivity index (χ3v) is 3.01. The van der Waals surface area contributed by atoms with E-state index in [1.807, 2.05) is 0 Å². The van der Waals surface area contributed by atoms with Crippen LogP contribution in [-0.4, -0.2) is 31.7 Å². The first-order chi connectivity index (χ1) is 9.96. The first kappa shape index (κ1) is 16.4. The summed E-state index contributed by atoms with van der Waals surface area (Å²) in [5.41, 5.74) is 6.41. The molecule has 0 saturated carbocycles. The van der Waals surface area contributed by atoms with E-state index in [9.17, 15) is 9.59 Å². The zero-order valence-electron chi connectivity index (χ0n) is 12.3. The number of primary amides is 1. The number of aliphatic imine (C=N–C) groups is 1. The molecule has 21 heavy (non-hydrogen) atoms. The van der Waals surface area contributed by atoms with Gasteiger partial charge in [-0.05, 0) is 25.1 Å². The molecule has 1 atom stereocenters. The Morgan fingerprint density at radius 3 is 2.62 bits per heavy atom. The maximum absolute atomic E-state index is 11.7.